The number of aryl methyl sites for hydroxylation is 1. The van der Waals surface area contributed by atoms with Crippen LogP contribution in [0.1, 0.15) is 71.6 Å². The van der Waals surface area contributed by atoms with E-state index in [1.165, 1.54) is 18.7 Å². The lowest BCUT2D eigenvalue weighted by molar-refractivity contribution is -0.147. The van der Waals surface area contributed by atoms with E-state index in [0.717, 1.165) is 21.7 Å². The molecule has 2 aliphatic heterocycles. The zero-order valence-electron chi connectivity index (χ0n) is 34.3. The van der Waals surface area contributed by atoms with Gasteiger partial charge in [0.05, 0.1) is 34.0 Å². The van der Waals surface area contributed by atoms with Crippen LogP contribution in [0.4, 0.5) is 11.5 Å². The summed E-state index contributed by atoms with van der Waals surface area (Å²) in [5, 5.41) is 14.4. The van der Waals surface area contributed by atoms with Crippen LogP contribution in [0.15, 0.2) is 60.1 Å². The maximum atomic E-state index is 14.4. The third-order valence-electron chi connectivity index (χ3n) is 10.7. The zero-order chi connectivity index (χ0) is 42.4. The number of rotatable bonds is 12. The minimum absolute atomic E-state index is 0.0321. The number of piperidine rings is 1. The highest BCUT2D eigenvalue weighted by atomic mass is 32.1. The van der Waals surface area contributed by atoms with E-state index in [1.807, 2.05) is 69.6 Å². The van der Waals surface area contributed by atoms with Gasteiger partial charge in [-0.25, -0.2) is 4.98 Å². The molecule has 1 unspecified atom stereocenters. The smallest absolute Gasteiger partial charge is 0.308 e. The van der Waals surface area contributed by atoms with E-state index in [-0.39, 0.29) is 49.5 Å². The predicted octanol–water partition coefficient (Wildman–Crippen LogP) is 5.07. The molecule has 2 fully saturated rings. The van der Waals surface area contributed by atoms with Crippen LogP contribution in [0.3, 0.4) is 0 Å². The Labute approximate surface area is 348 Å². The molecule has 59 heavy (non-hydrogen) atoms. The van der Waals surface area contributed by atoms with E-state index in [1.54, 1.807) is 29.5 Å². The second-order valence-electron chi connectivity index (χ2n) is 16.2. The van der Waals surface area contributed by atoms with Crippen molar-refractivity contribution in [2.75, 3.05) is 30.3 Å². The first-order valence-electron chi connectivity index (χ1n) is 19.8. The van der Waals surface area contributed by atoms with Gasteiger partial charge in [-0.15, -0.1) is 21.5 Å². The number of hydrogen-bond donors (Lipinski definition) is 3. The summed E-state index contributed by atoms with van der Waals surface area (Å²) in [6.07, 6.45) is 1.06. The van der Waals surface area contributed by atoms with Gasteiger partial charge in [-0.3, -0.25) is 24.0 Å². The molecule has 3 amide bonds. The van der Waals surface area contributed by atoms with Crippen LogP contribution < -0.4 is 26.0 Å². The fourth-order valence-electron chi connectivity index (χ4n) is 7.64. The van der Waals surface area contributed by atoms with E-state index >= 15 is 0 Å². The quantitative estimate of drug-likeness (QED) is 0.127. The number of amides is 3. The lowest BCUT2D eigenvalue weighted by atomic mass is 9.85. The van der Waals surface area contributed by atoms with E-state index in [4.69, 9.17) is 15.2 Å². The Morgan fingerprint density at radius 1 is 0.983 bits per heavy atom. The maximum Gasteiger partial charge on any atom is 0.308 e. The van der Waals surface area contributed by atoms with Gasteiger partial charge in [0.15, 0.2) is 5.82 Å². The van der Waals surface area contributed by atoms with Gasteiger partial charge in [-0.05, 0) is 60.4 Å². The largest absolute Gasteiger partial charge is 0.461 e. The highest BCUT2D eigenvalue weighted by Crippen LogP contribution is 2.35. The number of thiazole rings is 1. The first-order valence-corrected chi connectivity index (χ1v) is 20.7. The highest BCUT2D eigenvalue weighted by molar-refractivity contribution is 7.13. The lowest BCUT2D eigenvalue weighted by Crippen LogP contribution is -2.58. The second kappa shape index (κ2) is 18.4. The number of carbonyl (C=O) groups is 5. The number of anilines is 2. The number of benzene rings is 2. The standard InChI is InChI=1S/C43H52N8O7S/c1-25-38(59-24-46-25)30-13-11-29(12-14-30)22-45-41(55)35-20-31(57-26(2)52)23-51(35)42(56)39(43(4,5)6)47-37(54)19-28-15-17-50(18-16-28)34-21-33(48-49-40(34)44)32-9-7-8-10-36(32)58-27(3)53/h7-14,21,24,28,31,35,39H,15-20,22-23H2,1-6H3,(H2,44,49)(H,45,55)(H,47,54)/t31-,35+,39?/m1/s1. The Kier molecular flexibility index (Phi) is 13.3. The molecule has 2 saturated heterocycles. The number of para-hydroxylation sites is 1. The van der Waals surface area contributed by atoms with Crippen molar-refractivity contribution < 1.29 is 33.4 Å². The molecular formula is C43H52N8O7S. The topological polar surface area (TPSA) is 199 Å². The summed E-state index contributed by atoms with van der Waals surface area (Å²) in [6.45, 7) is 11.7. The summed E-state index contributed by atoms with van der Waals surface area (Å²) < 4.78 is 10.9. The van der Waals surface area contributed by atoms with Crippen molar-refractivity contribution in [3.05, 3.63) is 71.4 Å². The molecule has 2 aromatic heterocycles. The Bertz CT molecular complexity index is 2180. The number of carbonyl (C=O) groups excluding carboxylic acids is 5. The van der Waals surface area contributed by atoms with Crippen LogP contribution >= 0.6 is 11.3 Å². The molecule has 312 valence electrons. The third-order valence-corrected chi connectivity index (χ3v) is 11.7. The first kappa shape index (κ1) is 42.7. The minimum atomic E-state index is -0.944. The van der Waals surface area contributed by atoms with Crippen molar-refractivity contribution in [2.24, 2.45) is 11.3 Å². The number of nitrogens with one attached hydrogen (secondary N) is 2. The van der Waals surface area contributed by atoms with Crippen molar-refractivity contribution in [1.82, 2.24) is 30.7 Å². The molecule has 3 atom stereocenters. The summed E-state index contributed by atoms with van der Waals surface area (Å²) in [5.41, 5.74) is 12.1. The molecule has 2 aliphatic rings. The first-order chi connectivity index (χ1) is 28.1. The number of nitrogens with two attached hydrogens (primary N) is 1. The molecule has 0 bridgehead atoms. The number of nitrogen functional groups attached to an aromatic ring is 1. The van der Waals surface area contributed by atoms with E-state index in [0.29, 0.717) is 48.6 Å². The van der Waals surface area contributed by atoms with Gasteiger partial charge in [-0.1, -0.05) is 57.2 Å². The van der Waals surface area contributed by atoms with Gasteiger partial charge in [-0.2, -0.15) is 0 Å². The summed E-state index contributed by atoms with van der Waals surface area (Å²) in [7, 11) is 0. The SMILES string of the molecule is CC(=O)Oc1ccccc1-c1cc(N2CCC(CC(=O)NC(C(=O)N3C[C@H](OC(C)=O)C[C@H]3C(=O)NCc3ccc(-c4scnc4C)cc3)C(C)(C)C)CC2)c(N)nn1. The Morgan fingerprint density at radius 3 is 2.34 bits per heavy atom. The highest BCUT2D eigenvalue weighted by Gasteiger charge is 2.46. The molecule has 4 aromatic rings. The lowest BCUT2D eigenvalue weighted by Gasteiger charge is -2.36. The van der Waals surface area contributed by atoms with Crippen molar-refractivity contribution in [1.29, 1.82) is 0 Å². The van der Waals surface area contributed by atoms with Crippen LogP contribution in [0.5, 0.6) is 5.75 Å². The van der Waals surface area contributed by atoms with Gasteiger partial charge in [0.1, 0.15) is 23.9 Å². The van der Waals surface area contributed by atoms with Gasteiger partial charge >= 0.3 is 11.9 Å². The predicted molar refractivity (Wildman–Crippen MR) is 224 cm³/mol. The molecule has 0 radical (unpaired) electrons. The fraction of sp³-hybridized carbons (Fsp3) is 0.442. The Hall–Kier alpha value is -5.90. The summed E-state index contributed by atoms with van der Waals surface area (Å²) in [5.74, 6) is -1.31. The number of nitrogens with zero attached hydrogens (tertiary/aromatic N) is 5. The number of aromatic nitrogens is 3. The summed E-state index contributed by atoms with van der Waals surface area (Å²) in [4.78, 5) is 74.4. The van der Waals surface area contributed by atoms with E-state index in [2.05, 4.69) is 30.7 Å². The van der Waals surface area contributed by atoms with Gasteiger partial charge < -0.3 is 35.6 Å². The van der Waals surface area contributed by atoms with Crippen molar-refractivity contribution >= 4 is 52.5 Å². The molecule has 0 spiro atoms. The molecule has 15 nitrogen and oxygen atoms in total. The van der Waals surface area contributed by atoms with E-state index in [9.17, 15) is 24.0 Å². The Balaban J connectivity index is 1.08. The second-order valence-corrected chi connectivity index (χ2v) is 17.1. The monoisotopic (exact) mass is 824 g/mol. The number of likely N-dealkylation sites (tertiary alicyclic amines) is 1. The van der Waals surface area contributed by atoms with Crippen LogP contribution in [0, 0.1) is 18.3 Å². The molecule has 4 N–H and O–H groups in total. The summed E-state index contributed by atoms with van der Waals surface area (Å²) >= 11 is 1.57. The van der Waals surface area contributed by atoms with Crippen molar-refractivity contribution in [2.45, 2.75) is 92.0 Å². The maximum absolute atomic E-state index is 14.4. The molecule has 0 aliphatic carbocycles. The summed E-state index contributed by atoms with van der Waals surface area (Å²) in [6, 6.07) is 14.9. The normalized spacial score (nSPS) is 17.6. The van der Waals surface area contributed by atoms with Crippen molar-refractivity contribution in [3.63, 3.8) is 0 Å². The average Bonchev–Trinajstić information content (AvgIpc) is 3.82. The molecule has 2 aromatic carbocycles. The molecule has 16 heteroatoms. The fourth-order valence-corrected chi connectivity index (χ4v) is 8.45. The number of ether oxygens (including phenoxy) is 2. The molecule has 4 heterocycles. The van der Waals surface area contributed by atoms with Crippen LogP contribution in [-0.4, -0.2) is 87.6 Å². The van der Waals surface area contributed by atoms with Gasteiger partial charge in [0.2, 0.25) is 17.7 Å². The van der Waals surface area contributed by atoms with Crippen LogP contribution in [0.2, 0.25) is 0 Å². The minimum Gasteiger partial charge on any atom is -0.461 e. The van der Waals surface area contributed by atoms with Crippen LogP contribution in [-0.2, 0) is 35.3 Å². The van der Waals surface area contributed by atoms with Gasteiger partial charge in [0.25, 0.3) is 0 Å². The van der Waals surface area contributed by atoms with Gasteiger partial charge in [0, 0.05) is 51.9 Å². The average molecular weight is 825 g/mol. The van der Waals surface area contributed by atoms with E-state index < -0.39 is 41.4 Å². The number of esters is 2. The molecular weight excluding hydrogens is 773 g/mol. The van der Waals surface area contributed by atoms with Crippen LogP contribution in [0.25, 0.3) is 21.7 Å². The molecule has 0 saturated carbocycles. The third kappa shape index (κ3) is 10.6. The number of hydrogen-bond acceptors (Lipinski definition) is 13. The Morgan fingerprint density at radius 2 is 1.69 bits per heavy atom. The van der Waals surface area contributed by atoms with Crippen molar-refractivity contribution in [3.8, 4) is 27.4 Å². The zero-order valence-corrected chi connectivity index (χ0v) is 35.1. The molecule has 6 rings (SSSR count).